The maximum atomic E-state index is 3.20. The smallest absolute Gasteiger partial charge is 0.0146 e. The standard InChI is InChI=1S/C12H23N/c1-11(2)9-7-6-8-10-13(5)12(3)4/h11-12H,6,8,10H2,1-5H3. The van der Waals surface area contributed by atoms with Gasteiger partial charge in [-0.05, 0) is 33.9 Å². The molecule has 0 saturated heterocycles. The van der Waals surface area contributed by atoms with E-state index in [0.717, 1.165) is 13.0 Å². The second-order valence-corrected chi connectivity index (χ2v) is 4.15. The highest BCUT2D eigenvalue weighted by Crippen LogP contribution is 1.97. The quantitative estimate of drug-likeness (QED) is 0.476. The van der Waals surface area contributed by atoms with E-state index in [0.29, 0.717) is 12.0 Å². The first kappa shape index (κ1) is 12.5. The lowest BCUT2D eigenvalue weighted by Crippen LogP contribution is -2.27. The van der Waals surface area contributed by atoms with E-state index in [4.69, 9.17) is 0 Å². The van der Waals surface area contributed by atoms with Crippen LogP contribution in [0.1, 0.15) is 40.5 Å². The molecule has 0 aliphatic rings. The molecule has 0 amide bonds. The van der Waals surface area contributed by atoms with Gasteiger partial charge in [-0.25, -0.2) is 0 Å². The summed E-state index contributed by atoms with van der Waals surface area (Å²) < 4.78 is 0. The molecule has 0 aliphatic carbocycles. The molecule has 1 nitrogen and oxygen atoms in total. The van der Waals surface area contributed by atoms with E-state index in [-0.39, 0.29) is 0 Å². The molecule has 0 radical (unpaired) electrons. The van der Waals surface area contributed by atoms with Crippen LogP contribution in [0.15, 0.2) is 0 Å². The highest BCUT2D eigenvalue weighted by atomic mass is 15.1. The van der Waals surface area contributed by atoms with Crippen LogP contribution in [0, 0.1) is 17.8 Å². The molecule has 0 heterocycles. The third-order valence-corrected chi connectivity index (χ3v) is 2.08. The molecule has 0 unspecified atom stereocenters. The molecule has 0 atom stereocenters. The number of rotatable bonds is 4. The minimum Gasteiger partial charge on any atom is -0.304 e. The van der Waals surface area contributed by atoms with Crippen LogP contribution in [0.4, 0.5) is 0 Å². The Morgan fingerprint density at radius 1 is 1.15 bits per heavy atom. The monoisotopic (exact) mass is 181 g/mol. The lowest BCUT2D eigenvalue weighted by atomic mass is 10.2. The Balaban J connectivity index is 3.42. The third-order valence-electron chi connectivity index (χ3n) is 2.08. The number of hydrogen-bond acceptors (Lipinski definition) is 1. The summed E-state index contributed by atoms with van der Waals surface area (Å²) in [4.78, 5) is 2.36. The minimum atomic E-state index is 0.517. The van der Waals surface area contributed by atoms with Crippen LogP contribution in [0.3, 0.4) is 0 Å². The van der Waals surface area contributed by atoms with Gasteiger partial charge in [-0.1, -0.05) is 13.8 Å². The fourth-order valence-corrected chi connectivity index (χ4v) is 0.951. The van der Waals surface area contributed by atoms with E-state index in [1.165, 1.54) is 6.42 Å². The Morgan fingerprint density at radius 3 is 2.23 bits per heavy atom. The SMILES string of the molecule is CC(C)C#CCCCN(C)C(C)C. The maximum absolute atomic E-state index is 3.20. The molecule has 76 valence electrons. The molecule has 0 rings (SSSR count). The zero-order valence-electron chi connectivity index (χ0n) is 9.72. The van der Waals surface area contributed by atoms with Gasteiger partial charge in [0.2, 0.25) is 0 Å². The number of nitrogens with zero attached hydrogens (tertiary/aromatic N) is 1. The van der Waals surface area contributed by atoms with Crippen LogP contribution >= 0.6 is 0 Å². The summed E-state index contributed by atoms with van der Waals surface area (Å²) >= 11 is 0. The van der Waals surface area contributed by atoms with Crippen LogP contribution in [0.2, 0.25) is 0 Å². The summed E-state index contributed by atoms with van der Waals surface area (Å²) in [5, 5.41) is 0. The lowest BCUT2D eigenvalue weighted by molar-refractivity contribution is 0.272. The molecule has 0 aromatic rings. The predicted molar refractivity (Wildman–Crippen MR) is 59.6 cm³/mol. The predicted octanol–water partition coefficient (Wildman–Crippen LogP) is 2.77. The van der Waals surface area contributed by atoms with Gasteiger partial charge >= 0.3 is 0 Å². The number of unbranched alkanes of at least 4 members (excludes halogenated alkanes) is 1. The van der Waals surface area contributed by atoms with E-state index in [1.807, 2.05) is 0 Å². The van der Waals surface area contributed by atoms with Crippen molar-refractivity contribution in [2.45, 2.75) is 46.6 Å². The van der Waals surface area contributed by atoms with Crippen molar-refractivity contribution in [2.75, 3.05) is 13.6 Å². The van der Waals surface area contributed by atoms with Crippen LogP contribution in [-0.4, -0.2) is 24.5 Å². The molecular formula is C12H23N. The first-order valence-corrected chi connectivity index (χ1v) is 5.22. The molecule has 1 heteroatoms. The molecule has 0 aromatic heterocycles. The fraction of sp³-hybridized carbons (Fsp3) is 0.833. The van der Waals surface area contributed by atoms with E-state index in [1.54, 1.807) is 0 Å². The van der Waals surface area contributed by atoms with E-state index >= 15 is 0 Å². The van der Waals surface area contributed by atoms with Gasteiger partial charge in [0.05, 0.1) is 0 Å². The number of hydrogen-bond donors (Lipinski definition) is 0. The Morgan fingerprint density at radius 2 is 1.77 bits per heavy atom. The summed E-state index contributed by atoms with van der Waals surface area (Å²) in [5.41, 5.74) is 0. The molecule has 0 bridgehead atoms. The fourth-order valence-electron chi connectivity index (χ4n) is 0.951. The van der Waals surface area contributed by atoms with Crippen molar-refractivity contribution in [3.05, 3.63) is 0 Å². The van der Waals surface area contributed by atoms with Crippen LogP contribution in [0.25, 0.3) is 0 Å². The minimum absolute atomic E-state index is 0.517. The average Bonchev–Trinajstić information content (AvgIpc) is 2.02. The second-order valence-electron chi connectivity index (χ2n) is 4.15. The first-order chi connectivity index (χ1) is 6.04. The summed E-state index contributed by atoms with van der Waals surface area (Å²) in [6.07, 6.45) is 2.23. The molecular weight excluding hydrogens is 158 g/mol. The molecule has 0 fully saturated rings. The van der Waals surface area contributed by atoms with E-state index in [9.17, 15) is 0 Å². The van der Waals surface area contributed by atoms with Gasteiger partial charge in [0, 0.05) is 18.4 Å². The van der Waals surface area contributed by atoms with Gasteiger partial charge < -0.3 is 4.90 Å². The van der Waals surface area contributed by atoms with Crippen LogP contribution in [-0.2, 0) is 0 Å². The van der Waals surface area contributed by atoms with Crippen molar-refractivity contribution in [3.63, 3.8) is 0 Å². The second kappa shape index (κ2) is 6.97. The lowest BCUT2D eigenvalue weighted by Gasteiger charge is -2.19. The summed E-state index contributed by atoms with van der Waals surface area (Å²) in [7, 11) is 2.17. The Hall–Kier alpha value is -0.480. The molecule has 0 aromatic carbocycles. The topological polar surface area (TPSA) is 3.24 Å². The van der Waals surface area contributed by atoms with E-state index in [2.05, 4.69) is 51.5 Å². The first-order valence-electron chi connectivity index (χ1n) is 5.22. The summed E-state index contributed by atoms with van der Waals surface area (Å²) in [5.74, 6) is 6.90. The van der Waals surface area contributed by atoms with Crippen LogP contribution < -0.4 is 0 Å². The largest absolute Gasteiger partial charge is 0.304 e. The molecule has 0 aliphatic heterocycles. The highest BCUT2D eigenvalue weighted by molar-refractivity contribution is 5.00. The molecule has 0 saturated carbocycles. The normalized spacial score (nSPS) is 10.8. The van der Waals surface area contributed by atoms with Crippen molar-refractivity contribution < 1.29 is 0 Å². The van der Waals surface area contributed by atoms with Gasteiger partial charge in [0.25, 0.3) is 0 Å². The van der Waals surface area contributed by atoms with Crippen molar-refractivity contribution in [3.8, 4) is 11.8 Å². The zero-order valence-corrected chi connectivity index (χ0v) is 9.72. The zero-order chi connectivity index (χ0) is 10.3. The van der Waals surface area contributed by atoms with Crippen molar-refractivity contribution in [2.24, 2.45) is 5.92 Å². The van der Waals surface area contributed by atoms with E-state index < -0.39 is 0 Å². The van der Waals surface area contributed by atoms with Gasteiger partial charge in [-0.15, -0.1) is 11.8 Å². The third kappa shape index (κ3) is 7.87. The summed E-state index contributed by atoms with van der Waals surface area (Å²) in [6.45, 7) is 9.87. The Kier molecular flexibility index (Phi) is 6.72. The Labute approximate surface area is 83.5 Å². The van der Waals surface area contributed by atoms with Gasteiger partial charge in [-0.2, -0.15) is 0 Å². The van der Waals surface area contributed by atoms with Gasteiger partial charge in [0.15, 0.2) is 0 Å². The molecule has 0 spiro atoms. The van der Waals surface area contributed by atoms with Gasteiger partial charge in [0.1, 0.15) is 0 Å². The van der Waals surface area contributed by atoms with Crippen molar-refractivity contribution >= 4 is 0 Å². The Bertz CT molecular complexity index is 171. The molecule has 13 heavy (non-hydrogen) atoms. The summed E-state index contributed by atoms with van der Waals surface area (Å²) in [6, 6.07) is 0.651. The average molecular weight is 181 g/mol. The van der Waals surface area contributed by atoms with Crippen molar-refractivity contribution in [1.82, 2.24) is 4.90 Å². The van der Waals surface area contributed by atoms with Gasteiger partial charge in [-0.3, -0.25) is 0 Å². The van der Waals surface area contributed by atoms with Crippen LogP contribution in [0.5, 0.6) is 0 Å². The maximum Gasteiger partial charge on any atom is 0.0146 e. The molecule has 0 N–H and O–H groups in total. The van der Waals surface area contributed by atoms with Crippen molar-refractivity contribution in [1.29, 1.82) is 0 Å². The highest BCUT2D eigenvalue weighted by Gasteiger charge is 2.00.